The summed E-state index contributed by atoms with van der Waals surface area (Å²) >= 11 is 0. The third-order valence-corrected chi connectivity index (χ3v) is 5.82. The summed E-state index contributed by atoms with van der Waals surface area (Å²) in [7, 11) is 0.186. The fourth-order valence-electron chi connectivity index (χ4n) is 2.86. The molecule has 2 heterocycles. The van der Waals surface area contributed by atoms with Gasteiger partial charge in [-0.15, -0.1) is 0 Å². The molecule has 1 aromatic heterocycles. The number of hydrogen-bond donors (Lipinski definition) is 2. The maximum Gasteiger partial charge on any atom is 0.272 e. The van der Waals surface area contributed by atoms with E-state index < -0.39 is 22.7 Å². The van der Waals surface area contributed by atoms with Crippen molar-refractivity contribution >= 4 is 22.6 Å². The van der Waals surface area contributed by atoms with Crippen molar-refractivity contribution < 1.29 is 18.1 Å². The number of ether oxygens (including phenoxy) is 1. The highest BCUT2D eigenvalue weighted by molar-refractivity contribution is 7.83. The summed E-state index contributed by atoms with van der Waals surface area (Å²) in [4.78, 5) is 13.2. The first-order chi connectivity index (χ1) is 12.7. The highest BCUT2D eigenvalue weighted by atomic mass is 32.2. The summed E-state index contributed by atoms with van der Waals surface area (Å²) < 4.78 is 35.9. The minimum atomic E-state index is -1.50. The number of benzene rings is 1. The largest absolute Gasteiger partial charge is 0.377 e. The van der Waals surface area contributed by atoms with Gasteiger partial charge < -0.3 is 14.6 Å². The van der Waals surface area contributed by atoms with Gasteiger partial charge in [0.2, 0.25) is 0 Å². The SMILES string of the molecule is Cc1c(S(=O)NC2(C)COC2)cn(C)c1C(=O)Nc1ccc(F)c(C#N)c1. The number of rotatable bonds is 5. The van der Waals surface area contributed by atoms with Crippen LogP contribution in [0.4, 0.5) is 10.1 Å². The van der Waals surface area contributed by atoms with Crippen molar-refractivity contribution in [2.24, 2.45) is 7.05 Å². The van der Waals surface area contributed by atoms with Crippen molar-refractivity contribution in [1.82, 2.24) is 9.29 Å². The van der Waals surface area contributed by atoms with E-state index in [2.05, 4.69) is 10.0 Å². The van der Waals surface area contributed by atoms with Gasteiger partial charge in [0.05, 0.1) is 29.2 Å². The van der Waals surface area contributed by atoms with Gasteiger partial charge >= 0.3 is 0 Å². The van der Waals surface area contributed by atoms with E-state index in [9.17, 15) is 13.4 Å². The van der Waals surface area contributed by atoms with Crippen LogP contribution in [0.3, 0.4) is 0 Å². The van der Waals surface area contributed by atoms with Gasteiger partial charge in [-0.3, -0.25) is 4.79 Å². The molecule has 0 radical (unpaired) electrons. The number of nitrogens with zero attached hydrogens (tertiary/aromatic N) is 2. The van der Waals surface area contributed by atoms with E-state index in [1.54, 1.807) is 30.8 Å². The summed E-state index contributed by atoms with van der Waals surface area (Å²) in [5.41, 5.74) is 0.708. The van der Waals surface area contributed by atoms with Gasteiger partial charge in [0.15, 0.2) is 0 Å². The van der Waals surface area contributed by atoms with Crippen molar-refractivity contribution in [3.05, 3.63) is 47.0 Å². The highest BCUT2D eigenvalue weighted by Crippen LogP contribution is 2.24. The van der Waals surface area contributed by atoms with E-state index in [4.69, 9.17) is 10.00 Å². The van der Waals surface area contributed by atoms with Gasteiger partial charge in [-0.1, -0.05) is 0 Å². The minimum Gasteiger partial charge on any atom is -0.377 e. The zero-order valence-corrected chi connectivity index (χ0v) is 15.9. The van der Waals surface area contributed by atoms with E-state index in [0.29, 0.717) is 35.1 Å². The molecule has 2 N–H and O–H groups in total. The second-order valence-corrected chi connectivity index (χ2v) is 7.94. The van der Waals surface area contributed by atoms with Crippen LogP contribution in [0, 0.1) is 24.1 Å². The first-order valence-electron chi connectivity index (χ1n) is 8.18. The van der Waals surface area contributed by atoms with Crippen molar-refractivity contribution in [2.45, 2.75) is 24.3 Å². The molecule has 7 nitrogen and oxygen atoms in total. The summed E-state index contributed by atoms with van der Waals surface area (Å²) in [6, 6.07) is 5.50. The molecule has 27 heavy (non-hydrogen) atoms. The van der Waals surface area contributed by atoms with E-state index in [0.717, 1.165) is 6.07 Å². The first kappa shape index (κ1) is 19.2. The Hall–Kier alpha value is -2.54. The molecule has 1 unspecified atom stereocenters. The van der Waals surface area contributed by atoms with Crippen LogP contribution >= 0.6 is 0 Å². The monoisotopic (exact) mass is 390 g/mol. The third kappa shape index (κ3) is 3.78. The molecule has 0 bridgehead atoms. The number of aromatic nitrogens is 1. The van der Waals surface area contributed by atoms with Gasteiger partial charge in [-0.05, 0) is 37.6 Å². The Morgan fingerprint density at radius 2 is 2.15 bits per heavy atom. The fourth-order valence-corrected chi connectivity index (χ4v) is 4.16. The van der Waals surface area contributed by atoms with Gasteiger partial charge in [0, 0.05) is 18.9 Å². The normalized spacial score (nSPS) is 16.3. The Kier molecular flexibility index (Phi) is 5.15. The molecule has 9 heteroatoms. The van der Waals surface area contributed by atoms with Crippen molar-refractivity contribution in [1.29, 1.82) is 5.26 Å². The number of halogens is 1. The molecule has 0 spiro atoms. The molecule has 0 saturated carbocycles. The maximum absolute atomic E-state index is 13.4. The molecule has 1 aliphatic rings. The molecule has 0 aliphatic carbocycles. The first-order valence-corrected chi connectivity index (χ1v) is 9.33. The lowest BCUT2D eigenvalue weighted by Gasteiger charge is -2.38. The van der Waals surface area contributed by atoms with Crippen LogP contribution in [-0.4, -0.2) is 33.4 Å². The standard InChI is InChI=1S/C18H19FN4O3S/c1-11-15(27(25)22-18(2)9-26-10-18)8-23(3)16(11)17(24)21-13-4-5-14(19)12(6-13)7-20/h4-6,8,22H,9-10H2,1-3H3,(H,21,24). The summed E-state index contributed by atoms with van der Waals surface area (Å²) in [5.74, 6) is -1.09. The number of carbonyl (C=O) groups excluding carboxylic acids is 1. The number of anilines is 1. The zero-order valence-electron chi connectivity index (χ0n) is 15.1. The molecule has 3 rings (SSSR count). The highest BCUT2D eigenvalue weighted by Gasteiger charge is 2.36. The Balaban J connectivity index is 1.82. The number of amides is 1. The molecule has 1 saturated heterocycles. The number of carbonyl (C=O) groups is 1. The number of hydrogen-bond acceptors (Lipinski definition) is 4. The lowest BCUT2D eigenvalue weighted by atomic mass is 10.0. The number of aryl methyl sites for hydroxylation is 1. The Morgan fingerprint density at radius 3 is 2.74 bits per heavy atom. The molecule has 1 aliphatic heterocycles. The third-order valence-electron chi connectivity index (χ3n) is 4.33. The topological polar surface area (TPSA) is 96.2 Å². The molecular formula is C18H19FN4O3S. The molecule has 1 aromatic carbocycles. The average Bonchev–Trinajstić information content (AvgIpc) is 2.89. The second-order valence-electron chi connectivity index (χ2n) is 6.76. The lowest BCUT2D eigenvalue weighted by Crippen LogP contribution is -2.58. The van der Waals surface area contributed by atoms with Crippen LogP contribution in [0.15, 0.2) is 29.3 Å². The molecule has 2 aromatic rings. The van der Waals surface area contributed by atoms with Crippen LogP contribution in [0.5, 0.6) is 0 Å². The van der Waals surface area contributed by atoms with Gasteiger partial charge in [0.1, 0.15) is 28.6 Å². The summed E-state index contributed by atoms with van der Waals surface area (Å²) in [5, 5.41) is 11.6. The van der Waals surface area contributed by atoms with E-state index in [-0.39, 0.29) is 11.1 Å². The molecule has 1 fully saturated rings. The van der Waals surface area contributed by atoms with Crippen LogP contribution in [-0.2, 0) is 22.8 Å². The van der Waals surface area contributed by atoms with Crippen molar-refractivity contribution in [3.8, 4) is 6.07 Å². The molecule has 1 amide bonds. The number of nitrogens with one attached hydrogen (secondary N) is 2. The molecule has 1 atom stereocenters. The predicted octanol–water partition coefficient (Wildman–Crippen LogP) is 2.00. The van der Waals surface area contributed by atoms with Gasteiger partial charge in [-0.2, -0.15) is 5.26 Å². The van der Waals surface area contributed by atoms with Gasteiger partial charge in [-0.25, -0.2) is 13.3 Å². The Bertz CT molecular complexity index is 976. The van der Waals surface area contributed by atoms with Crippen LogP contribution in [0.1, 0.15) is 28.5 Å². The summed E-state index contributed by atoms with van der Waals surface area (Å²) in [6.07, 6.45) is 1.64. The predicted molar refractivity (Wildman–Crippen MR) is 98.0 cm³/mol. The van der Waals surface area contributed by atoms with Crippen LogP contribution in [0.2, 0.25) is 0 Å². The smallest absolute Gasteiger partial charge is 0.272 e. The lowest BCUT2D eigenvalue weighted by molar-refractivity contribution is -0.0517. The van der Waals surface area contributed by atoms with Crippen molar-refractivity contribution in [2.75, 3.05) is 18.5 Å². The summed E-state index contributed by atoms with van der Waals surface area (Å²) in [6.45, 7) is 4.59. The van der Waals surface area contributed by atoms with E-state index in [1.807, 2.05) is 6.92 Å². The van der Waals surface area contributed by atoms with E-state index >= 15 is 0 Å². The zero-order chi connectivity index (χ0) is 19.8. The second kappa shape index (κ2) is 7.23. The van der Waals surface area contributed by atoms with Gasteiger partial charge in [0.25, 0.3) is 5.91 Å². The van der Waals surface area contributed by atoms with Crippen LogP contribution < -0.4 is 10.0 Å². The molecule has 142 valence electrons. The Labute approximate surface area is 158 Å². The van der Waals surface area contributed by atoms with E-state index in [1.165, 1.54) is 12.1 Å². The fraction of sp³-hybridized carbons (Fsp3) is 0.333. The maximum atomic E-state index is 13.4. The van der Waals surface area contributed by atoms with Crippen LogP contribution in [0.25, 0.3) is 0 Å². The number of nitriles is 1. The van der Waals surface area contributed by atoms with Crippen molar-refractivity contribution in [3.63, 3.8) is 0 Å². The quantitative estimate of drug-likeness (QED) is 0.816. The average molecular weight is 390 g/mol. The minimum absolute atomic E-state index is 0.154. The molecular weight excluding hydrogens is 371 g/mol. The Morgan fingerprint density at radius 1 is 1.44 bits per heavy atom.